The zero-order chi connectivity index (χ0) is 16.9. The van der Waals surface area contributed by atoms with Gasteiger partial charge in [0.2, 0.25) is 0 Å². The topological polar surface area (TPSA) is 67.2 Å². The maximum Gasteiger partial charge on any atom is 0.257 e. The Morgan fingerprint density at radius 3 is 2.54 bits per heavy atom. The van der Waals surface area contributed by atoms with Crippen LogP contribution in [0, 0.1) is 0 Å². The van der Waals surface area contributed by atoms with Gasteiger partial charge in [-0.15, -0.1) is 0 Å². The molecule has 122 valence electrons. The number of hydrogen-bond acceptors (Lipinski definition) is 4. The Morgan fingerprint density at radius 2 is 1.92 bits per heavy atom. The van der Waals surface area contributed by atoms with E-state index in [1.54, 1.807) is 36.6 Å². The lowest BCUT2D eigenvalue weighted by atomic mass is 10.2. The van der Waals surface area contributed by atoms with Gasteiger partial charge in [-0.1, -0.05) is 23.2 Å². The van der Waals surface area contributed by atoms with Gasteiger partial charge in [-0.2, -0.15) is 0 Å². The molecule has 24 heavy (non-hydrogen) atoms. The third-order valence-electron chi connectivity index (χ3n) is 3.17. The smallest absolute Gasteiger partial charge is 0.257 e. The Labute approximate surface area is 148 Å². The van der Waals surface area contributed by atoms with Crippen molar-refractivity contribution in [2.24, 2.45) is 0 Å². The minimum atomic E-state index is -0.293. The summed E-state index contributed by atoms with van der Waals surface area (Å²) in [4.78, 5) is 16.4. The van der Waals surface area contributed by atoms with Crippen LogP contribution in [0.4, 0.5) is 11.5 Å². The van der Waals surface area contributed by atoms with Crippen molar-refractivity contribution in [1.29, 1.82) is 0 Å². The number of nitrogens with one attached hydrogen (secondary N) is 2. The standard InChI is InChI=1S/C17H13Cl2N3O2/c18-12-6-13(19)8-14(7-12)22-17(23)11-3-4-16(20-9-11)21-10-15-2-1-5-24-15/h1-9H,10H2,(H,20,21)(H,22,23). The number of amides is 1. The number of hydrogen-bond donors (Lipinski definition) is 2. The molecule has 0 aliphatic rings. The Balaban J connectivity index is 1.63. The second kappa shape index (κ2) is 7.38. The largest absolute Gasteiger partial charge is 0.467 e. The average molecular weight is 362 g/mol. The fourth-order valence-electron chi connectivity index (χ4n) is 2.05. The molecule has 0 spiro atoms. The van der Waals surface area contributed by atoms with E-state index in [9.17, 15) is 4.79 Å². The highest BCUT2D eigenvalue weighted by atomic mass is 35.5. The molecule has 0 aliphatic heterocycles. The summed E-state index contributed by atoms with van der Waals surface area (Å²) in [5.74, 6) is 1.16. The van der Waals surface area contributed by atoms with Gasteiger partial charge in [-0.3, -0.25) is 4.79 Å². The number of anilines is 2. The lowest BCUT2D eigenvalue weighted by molar-refractivity contribution is 0.102. The molecule has 2 N–H and O–H groups in total. The van der Waals surface area contributed by atoms with E-state index in [-0.39, 0.29) is 5.91 Å². The summed E-state index contributed by atoms with van der Waals surface area (Å²) in [6, 6.07) is 11.9. The minimum absolute atomic E-state index is 0.293. The summed E-state index contributed by atoms with van der Waals surface area (Å²) in [7, 11) is 0. The summed E-state index contributed by atoms with van der Waals surface area (Å²) < 4.78 is 5.23. The van der Waals surface area contributed by atoms with Gasteiger partial charge in [-0.05, 0) is 42.5 Å². The van der Waals surface area contributed by atoms with E-state index in [4.69, 9.17) is 27.6 Å². The molecular weight excluding hydrogens is 349 g/mol. The van der Waals surface area contributed by atoms with Crippen LogP contribution < -0.4 is 10.6 Å². The van der Waals surface area contributed by atoms with Crippen LogP contribution >= 0.6 is 23.2 Å². The molecule has 0 unspecified atom stereocenters. The van der Waals surface area contributed by atoms with Crippen molar-refractivity contribution >= 4 is 40.6 Å². The third kappa shape index (κ3) is 4.28. The highest BCUT2D eigenvalue weighted by Gasteiger charge is 2.08. The highest BCUT2D eigenvalue weighted by molar-refractivity contribution is 6.35. The molecule has 1 amide bonds. The second-order valence-corrected chi connectivity index (χ2v) is 5.85. The van der Waals surface area contributed by atoms with E-state index in [2.05, 4.69) is 15.6 Å². The third-order valence-corrected chi connectivity index (χ3v) is 3.61. The van der Waals surface area contributed by atoms with Crippen LogP contribution in [0.2, 0.25) is 10.0 Å². The van der Waals surface area contributed by atoms with Gasteiger partial charge in [0, 0.05) is 21.9 Å². The van der Waals surface area contributed by atoms with E-state index in [0.29, 0.717) is 33.7 Å². The van der Waals surface area contributed by atoms with E-state index in [0.717, 1.165) is 5.76 Å². The van der Waals surface area contributed by atoms with E-state index in [1.807, 2.05) is 12.1 Å². The average Bonchev–Trinajstić information content (AvgIpc) is 3.06. The summed E-state index contributed by atoms with van der Waals surface area (Å²) in [5.41, 5.74) is 0.951. The molecule has 3 aromatic rings. The number of nitrogens with zero attached hydrogens (tertiary/aromatic N) is 1. The van der Waals surface area contributed by atoms with Gasteiger partial charge in [0.05, 0.1) is 18.4 Å². The normalized spacial score (nSPS) is 10.4. The number of furan rings is 1. The lowest BCUT2D eigenvalue weighted by Crippen LogP contribution is -2.12. The first kappa shape index (κ1) is 16.4. The van der Waals surface area contributed by atoms with Crippen molar-refractivity contribution < 1.29 is 9.21 Å². The quantitative estimate of drug-likeness (QED) is 0.681. The maximum atomic E-state index is 12.2. The first-order chi connectivity index (χ1) is 11.6. The van der Waals surface area contributed by atoms with Crippen LogP contribution in [-0.2, 0) is 6.54 Å². The zero-order valence-electron chi connectivity index (χ0n) is 12.4. The molecule has 5 nitrogen and oxygen atoms in total. The van der Waals surface area contributed by atoms with Crippen LogP contribution in [0.25, 0.3) is 0 Å². The number of halogens is 2. The molecule has 2 aromatic heterocycles. The molecule has 0 bridgehead atoms. The van der Waals surface area contributed by atoms with Crippen molar-refractivity contribution in [3.63, 3.8) is 0 Å². The molecule has 0 saturated heterocycles. The number of aromatic nitrogens is 1. The number of rotatable bonds is 5. The predicted octanol–water partition coefficient (Wildman–Crippen LogP) is 4.85. The molecule has 0 atom stereocenters. The Hall–Kier alpha value is -2.50. The molecule has 0 saturated carbocycles. The SMILES string of the molecule is O=C(Nc1cc(Cl)cc(Cl)c1)c1ccc(NCc2ccco2)nc1. The van der Waals surface area contributed by atoms with E-state index in [1.165, 1.54) is 6.20 Å². The lowest BCUT2D eigenvalue weighted by Gasteiger charge is -2.07. The molecule has 1 aromatic carbocycles. The molecule has 7 heteroatoms. The van der Waals surface area contributed by atoms with Gasteiger partial charge >= 0.3 is 0 Å². The molecular formula is C17H13Cl2N3O2. The zero-order valence-corrected chi connectivity index (χ0v) is 13.9. The van der Waals surface area contributed by atoms with Crippen LogP contribution in [0.3, 0.4) is 0 Å². The van der Waals surface area contributed by atoms with Gasteiger partial charge in [-0.25, -0.2) is 4.98 Å². The second-order valence-electron chi connectivity index (χ2n) is 4.98. The van der Waals surface area contributed by atoms with Crippen LogP contribution in [0.15, 0.2) is 59.3 Å². The number of pyridine rings is 1. The van der Waals surface area contributed by atoms with Crippen molar-refractivity contribution in [3.8, 4) is 0 Å². The van der Waals surface area contributed by atoms with Crippen molar-refractivity contribution in [2.75, 3.05) is 10.6 Å². The number of carbonyl (C=O) groups is 1. The Bertz CT molecular complexity index is 813. The van der Waals surface area contributed by atoms with Crippen molar-refractivity contribution in [1.82, 2.24) is 4.98 Å². The first-order valence-corrected chi connectivity index (χ1v) is 7.85. The summed E-state index contributed by atoms with van der Waals surface area (Å²) in [6.45, 7) is 0.520. The summed E-state index contributed by atoms with van der Waals surface area (Å²) in [5, 5.41) is 6.74. The number of benzene rings is 1. The van der Waals surface area contributed by atoms with Gasteiger partial charge in [0.25, 0.3) is 5.91 Å². The van der Waals surface area contributed by atoms with Gasteiger partial charge < -0.3 is 15.1 Å². The van der Waals surface area contributed by atoms with E-state index < -0.39 is 0 Å². The van der Waals surface area contributed by atoms with Crippen LogP contribution in [-0.4, -0.2) is 10.9 Å². The molecule has 0 fully saturated rings. The summed E-state index contributed by atoms with van der Waals surface area (Å²) in [6.07, 6.45) is 3.10. The van der Waals surface area contributed by atoms with E-state index >= 15 is 0 Å². The fourth-order valence-corrected chi connectivity index (χ4v) is 2.58. The number of carbonyl (C=O) groups excluding carboxylic acids is 1. The fraction of sp³-hybridized carbons (Fsp3) is 0.0588. The monoisotopic (exact) mass is 361 g/mol. The Kier molecular flexibility index (Phi) is 5.03. The molecule has 0 radical (unpaired) electrons. The minimum Gasteiger partial charge on any atom is -0.467 e. The highest BCUT2D eigenvalue weighted by Crippen LogP contribution is 2.23. The Morgan fingerprint density at radius 1 is 1.12 bits per heavy atom. The van der Waals surface area contributed by atoms with Crippen LogP contribution in [0.5, 0.6) is 0 Å². The van der Waals surface area contributed by atoms with Crippen molar-refractivity contribution in [3.05, 3.63) is 76.3 Å². The predicted molar refractivity (Wildman–Crippen MR) is 94.7 cm³/mol. The maximum absolute atomic E-state index is 12.2. The molecule has 2 heterocycles. The van der Waals surface area contributed by atoms with Gasteiger partial charge in [0.15, 0.2) is 0 Å². The van der Waals surface area contributed by atoms with Gasteiger partial charge in [0.1, 0.15) is 11.6 Å². The first-order valence-electron chi connectivity index (χ1n) is 7.10. The van der Waals surface area contributed by atoms with Crippen molar-refractivity contribution in [2.45, 2.75) is 6.54 Å². The molecule has 3 rings (SSSR count). The molecule has 0 aliphatic carbocycles. The summed E-state index contributed by atoms with van der Waals surface area (Å²) >= 11 is 11.8. The van der Waals surface area contributed by atoms with Crippen LogP contribution in [0.1, 0.15) is 16.1 Å².